The number of carbonyl (C=O) groups excluding carboxylic acids is 2. The number of nitrogens with zero attached hydrogens (tertiary/aromatic N) is 3. The van der Waals surface area contributed by atoms with Crippen LogP contribution in [-0.4, -0.2) is 38.4 Å². The number of amides is 1. The van der Waals surface area contributed by atoms with Crippen LogP contribution in [0.5, 0.6) is 0 Å². The first-order valence-electron chi connectivity index (χ1n) is 9.35. The summed E-state index contributed by atoms with van der Waals surface area (Å²) in [5, 5.41) is 21.7. The number of aliphatic carboxylic acids is 1. The molecule has 27 heavy (non-hydrogen) atoms. The van der Waals surface area contributed by atoms with Crippen LogP contribution < -0.4 is 9.67 Å². The Bertz CT molecular complexity index is 1020. The van der Waals surface area contributed by atoms with Crippen molar-refractivity contribution in [3.63, 3.8) is 0 Å². The van der Waals surface area contributed by atoms with Gasteiger partial charge in [0.25, 0.3) is 0 Å². The van der Waals surface area contributed by atoms with E-state index in [9.17, 15) is 19.8 Å². The van der Waals surface area contributed by atoms with Crippen LogP contribution in [0.4, 0.5) is 0 Å². The van der Waals surface area contributed by atoms with Crippen molar-refractivity contribution in [3.05, 3.63) is 34.4 Å². The van der Waals surface area contributed by atoms with Gasteiger partial charge < -0.3 is 19.9 Å². The first-order chi connectivity index (χ1) is 12.9. The van der Waals surface area contributed by atoms with E-state index in [4.69, 9.17) is 0 Å². The molecule has 8 heteroatoms. The van der Waals surface area contributed by atoms with E-state index in [0.29, 0.717) is 12.1 Å². The number of thiazole rings is 1. The molecule has 1 N–H and O–H groups in total. The zero-order chi connectivity index (χ0) is 19.0. The van der Waals surface area contributed by atoms with E-state index in [1.54, 1.807) is 18.3 Å². The third-order valence-corrected chi connectivity index (χ3v) is 7.49. The summed E-state index contributed by atoms with van der Waals surface area (Å²) in [5.41, 5.74) is 2.04. The summed E-state index contributed by atoms with van der Waals surface area (Å²) in [5.74, 6) is -2.32. The summed E-state index contributed by atoms with van der Waals surface area (Å²) in [6, 6.07) is -0.297. The van der Waals surface area contributed by atoms with Crippen LogP contribution in [0.15, 0.2) is 23.8 Å². The van der Waals surface area contributed by atoms with Crippen molar-refractivity contribution in [3.8, 4) is 0 Å². The Morgan fingerprint density at radius 2 is 2.26 bits per heavy atom. The van der Waals surface area contributed by atoms with E-state index in [-0.39, 0.29) is 23.6 Å². The molecule has 0 radical (unpaired) electrons. The summed E-state index contributed by atoms with van der Waals surface area (Å²) in [6.45, 7) is 3.92. The minimum absolute atomic E-state index is 0.0123. The van der Waals surface area contributed by atoms with Crippen molar-refractivity contribution in [1.82, 2.24) is 9.30 Å². The fraction of sp³-hybridized carbons (Fsp3) is 0.526. The van der Waals surface area contributed by atoms with Crippen LogP contribution in [-0.2, 0) is 29.0 Å². The largest absolute Gasteiger partial charge is 0.543 e. The molecule has 7 nitrogen and oxygen atoms in total. The molecular formula is C19H21N3O4S. The van der Waals surface area contributed by atoms with E-state index < -0.39 is 18.0 Å². The highest BCUT2D eigenvalue weighted by atomic mass is 32.1. The van der Waals surface area contributed by atoms with Gasteiger partial charge in [0.1, 0.15) is 18.4 Å². The molecule has 1 fully saturated rings. The molecule has 5 rings (SSSR count). The van der Waals surface area contributed by atoms with Crippen molar-refractivity contribution < 1.29 is 24.4 Å². The van der Waals surface area contributed by atoms with Crippen molar-refractivity contribution in [2.45, 2.75) is 51.8 Å². The summed E-state index contributed by atoms with van der Waals surface area (Å²) in [7, 11) is 0. The third-order valence-electron chi connectivity index (χ3n) is 6.30. The van der Waals surface area contributed by atoms with Crippen LogP contribution in [0, 0.1) is 11.8 Å². The molecule has 0 aromatic carbocycles. The highest BCUT2D eigenvalue weighted by molar-refractivity contribution is 7.17. The van der Waals surface area contributed by atoms with Gasteiger partial charge in [0.05, 0.1) is 34.6 Å². The van der Waals surface area contributed by atoms with Crippen LogP contribution >= 0.6 is 11.3 Å². The second-order valence-corrected chi connectivity index (χ2v) is 8.98. The van der Waals surface area contributed by atoms with Crippen LogP contribution in [0.3, 0.4) is 0 Å². The minimum atomic E-state index is -1.32. The van der Waals surface area contributed by atoms with E-state index in [1.165, 1.54) is 21.9 Å². The third kappa shape index (κ3) is 2.20. The summed E-state index contributed by atoms with van der Waals surface area (Å²) in [4.78, 5) is 28.1. The Kier molecular flexibility index (Phi) is 3.55. The number of β-lactam (4-membered cyclic amide) rings is 1. The van der Waals surface area contributed by atoms with Crippen LogP contribution in [0.1, 0.15) is 30.8 Å². The van der Waals surface area contributed by atoms with E-state index in [0.717, 1.165) is 17.7 Å². The van der Waals surface area contributed by atoms with Gasteiger partial charge in [-0.05, 0) is 19.8 Å². The topological polar surface area (TPSA) is 89.0 Å². The lowest BCUT2D eigenvalue weighted by atomic mass is 9.78. The molecule has 0 saturated carbocycles. The molecule has 0 unspecified atom stereocenters. The Balaban J connectivity index is 1.51. The molecule has 3 aliphatic rings. The predicted molar refractivity (Wildman–Crippen MR) is 94.5 cm³/mol. The standard InChI is InChI=1S/C19H21N3O4S/c1-9-11(17(19(25)26)22-16(9)15(10(2)23)18(22)24)6-20-7-14-21(8-20)12-4-3-5-13(12)27-14/h7-10,15-16,23H,3-6H2,1-2H3/t9-,10+,15+,16+/m0/s1. The van der Waals surface area contributed by atoms with Crippen molar-refractivity contribution in [2.75, 3.05) is 0 Å². The fourth-order valence-electron chi connectivity index (χ4n) is 5.04. The minimum Gasteiger partial charge on any atom is -0.543 e. The highest BCUT2D eigenvalue weighted by Gasteiger charge is 2.58. The Hall–Kier alpha value is -2.19. The molecule has 0 spiro atoms. The molecule has 2 aromatic rings. The van der Waals surface area contributed by atoms with E-state index in [1.807, 2.05) is 24.0 Å². The van der Waals surface area contributed by atoms with Crippen molar-refractivity contribution >= 4 is 28.0 Å². The lowest BCUT2D eigenvalue weighted by Crippen LogP contribution is -2.64. The quantitative estimate of drug-likeness (QED) is 0.573. The average molecular weight is 387 g/mol. The number of hydrogen-bond donors (Lipinski definition) is 1. The van der Waals surface area contributed by atoms with Crippen LogP contribution in [0.25, 0.3) is 4.83 Å². The van der Waals surface area contributed by atoms with Gasteiger partial charge in [-0.2, -0.15) is 4.40 Å². The molecule has 142 valence electrons. The molecule has 1 amide bonds. The summed E-state index contributed by atoms with van der Waals surface area (Å²) in [6.07, 6.45) is 6.67. The zero-order valence-electron chi connectivity index (χ0n) is 15.2. The van der Waals surface area contributed by atoms with Gasteiger partial charge in [0.2, 0.25) is 17.1 Å². The van der Waals surface area contributed by atoms with Crippen molar-refractivity contribution in [1.29, 1.82) is 0 Å². The lowest BCUT2D eigenvalue weighted by Gasteiger charge is -2.47. The number of aromatic nitrogens is 2. The monoisotopic (exact) mass is 387 g/mol. The predicted octanol–water partition coefficient (Wildman–Crippen LogP) is -0.361. The van der Waals surface area contributed by atoms with Gasteiger partial charge in [0, 0.05) is 17.9 Å². The Labute approximate surface area is 160 Å². The number of aliphatic hydroxyl groups is 1. The molecule has 4 heterocycles. The highest BCUT2D eigenvalue weighted by Crippen LogP contribution is 2.47. The molecule has 4 atom stereocenters. The van der Waals surface area contributed by atoms with Crippen LogP contribution in [0.2, 0.25) is 0 Å². The Morgan fingerprint density at radius 3 is 2.96 bits per heavy atom. The van der Waals surface area contributed by atoms with E-state index in [2.05, 4.69) is 4.40 Å². The second kappa shape index (κ2) is 5.65. The van der Waals surface area contributed by atoms with Crippen molar-refractivity contribution in [2.24, 2.45) is 11.8 Å². The summed E-state index contributed by atoms with van der Waals surface area (Å²) >= 11 is 1.79. The first kappa shape index (κ1) is 16.9. The van der Waals surface area contributed by atoms with Gasteiger partial charge in [-0.1, -0.05) is 18.3 Å². The number of carboxylic acids is 1. The first-order valence-corrected chi connectivity index (χ1v) is 10.2. The fourth-order valence-corrected chi connectivity index (χ4v) is 6.30. The van der Waals surface area contributed by atoms with E-state index >= 15 is 0 Å². The normalized spacial score (nSPS) is 27.9. The molecule has 2 aliphatic heterocycles. The average Bonchev–Trinajstić information content (AvgIpc) is 3.29. The number of imidazole rings is 1. The number of carboxylic acid groups (broad SMARTS) is 1. The summed E-state index contributed by atoms with van der Waals surface area (Å²) < 4.78 is 4.19. The zero-order valence-corrected chi connectivity index (χ0v) is 16.0. The maximum Gasteiger partial charge on any atom is 0.250 e. The maximum atomic E-state index is 12.4. The number of hydrogen-bond acceptors (Lipinski definition) is 5. The number of rotatable bonds is 4. The molecule has 1 aliphatic carbocycles. The Morgan fingerprint density at radius 1 is 1.48 bits per heavy atom. The van der Waals surface area contributed by atoms with Gasteiger partial charge in [0.15, 0.2) is 0 Å². The molecule has 0 bridgehead atoms. The SMILES string of the molecule is C[C@@H](O)[C@H]1C(=O)N2C(C(=O)[O-])=C(C[n+]3cc4sc5c(n4c3)CCC5)[C@H](C)[C@H]12. The second-order valence-electron chi connectivity index (χ2n) is 7.87. The van der Waals surface area contributed by atoms with Gasteiger partial charge in [-0.3, -0.25) is 4.79 Å². The molecular weight excluding hydrogens is 366 g/mol. The molecule has 2 aromatic heterocycles. The lowest BCUT2D eigenvalue weighted by molar-refractivity contribution is -0.688. The maximum absolute atomic E-state index is 12.4. The van der Waals surface area contributed by atoms with Gasteiger partial charge in [-0.15, -0.1) is 0 Å². The molecule has 1 saturated heterocycles. The number of aryl methyl sites for hydroxylation is 2. The van der Waals surface area contributed by atoms with Gasteiger partial charge >= 0.3 is 0 Å². The van der Waals surface area contributed by atoms with Gasteiger partial charge in [-0.25, -0.2) is 4.57 Å². The smallest absolute Gasteiger partial charge is 0.250 e. The number of fused-ring (bicyclic) bond motifs is 4. The number of carbonyl (C=O) groups is 2. The number of aliphatic hydroxyl groups excluding tert-OH is 1.